The van der Waals surface area contributed by atoms with Crippen LogP contribution in [0.3, 0.4) is 0 Å². The van der Waals surface area contributed by atoms with Crippen LogP contribution in [-0.2, 0) is 4.79 Å². The van der Waals surface area contributed by atoms with E-state index in [0.717, 1.165) is 25.7 Å². The van der Waals surface area contributed by atoms with Crippen molar-refractivity contribution < 1.29 is 4.79 Å². The van der Waals surface area contributed by atoms with E-state index in [9.17, 15) is 10.1 Å². The molecule has 0 spiro atoms. The van der Waals surface area contributed by atoms with Crippen molar-refractivity contribution in [3.05, 3.63) is 0 Å². The molecule has 2 aliphatic rings. The van der Waals surface area contributed by atoms with Crippen LogP contribution in [0.25, 0.3) is 0 Å². The Balaban J connectivity index is 1.86. The van der Waals surface area contributed by atoms with Crippen molar-refractivity contribution in [2.45, 2.75) is 55.4 Å². The molecule has 5 heteroatoms. The second-order valence-electron chi connectivity index (χ2n) is 5.32. The molecule has 2 fully saturated rings. The summed E-state index contributed by atoms with van der Waals surface area (Å²) in [6.07, 6.45) is 6.45. The Hall–Kier alpha value is -0.730. The smallest absolute Gasteiger partial charge is 0.229 e. The molecule has 4 nitrogen and oxygen atoms in total. The molecule has 0 aliphatic heterocycles. The van der Waals surface area contributed by atoms with E-state index in [-0.39, 0.29) is 11.4 Å². The minimum atomic E-state index is -0.334. The first-order valence-corrected chi connectivity index (χ1v) is 7.73. The highest BCUT2D eigenvalue weighted by molar-refractivity contribution is 8.00. The molecule has 100 valence electrons. The standard InChI is InChI=1S/C13H21N3OS/c1-15-12(17)8-18-11-3-2-6-13(7-11,9-14)16-10-4-5-10/h10-11,16H,2-8H2,1H3,(H,15,17). The maximum absolute atomic E-state index is 11.3. The minimum absolute atomic E-state index is 0.0725. The van der Waals surface area contributed by atoms with Gasteiger partial charge in [-0.3, -0.25) is 10.1 Å². The van der Waals surface area contributed by atoms with Crippen LogP contribution in [0.15, 0.2) is 0 Å². The zero-order valence-electron chi connectivity index (χ0n) is 10.9. The van der Waals surface area contributed by atoms with Crippen molar-refractivity contribution in [1.29, 1.82) is 5.26 Å². The summed E-state index contributed by atoms with van der Waals surface area (Å²) in [5.41, 5.74) is -0.334. The SMILES string of the molecule is CNC(=O)CSC1CCCC(C#N)(NC2CC2)C1. The fourth-order valence-corrected chi connectivity index (χ4v) is 3.78. The molecule has 2 aliphatic carbocycles. The molecular weight excluding hydrogens is 246 g/mol. The van der Waals surface area contributed by atoms with Crippen molar-refractivity contribution in [3.8, 4) is 6.07 Å². The van der Waals surface area contributed by atoms with Crippen molar-refractivity contribution in [3.63, 3.8) is 0 Å². The summed E-state index contributed by atoms with van der Waals surface area (Å²) in [7, 11) is 1.66. The van der Waals surface area contributed by atoms with Crippen molar-refractivity contribution >= 4 is 17.7 Å². The van der Waals surface area contributed by atoms with Gasteiger partial charge in [0.2, 0.25) is 5.91 Å². The third-order valence-corrected chi connectivity index (χ3v) is 5.01. The fraction of sp³-hybridized carbons (Fsp3) is 0.846. The van der Waals surface area contributed by atoms with E-state index >= 15 is 0 Å². The van der Waals surface area contributed by atoms with E-state index in [2.05, 4.69) is 16.7 Å². The predicted octanol–water partition coefficient (Wildman–Crippen LogP) is 1.42. The summed E-state index contributed by atoms with van der Waals surface area (Å²) in [5, 5.41) is 16.0. The normalized spacial score (nSPS) is 31.7. The zero-order valence-corrected chi connectivity index (χ0v) is 11.7. The molecule has 1 amide bonds. The number of carbonyl (C=O) groups is 1. The molecule has 0 radical (unpaired) electrons. The number of thioether (sulfide) groups is 1. The third-order valence-electron chi connectivity index (χ3n) is 3.71. The first-order valence-electron chi connectivity index (χ1n) is 6.68. The van der Waals surface area contributed by atoms with Gasteiger partial charge in [-0.15, -0.1) is 11.8 Å². The minimum Gasteiger partial charge on any atom is -0.358 e. The number of carbonyl (C=O) groups excluding carboxylic acids is 1. The van der Waals surface area contributed by atoms with Crippen LogP contribution in [-0.4, -0.2) is 35.5 Å². The van der Waals surface area contributed by atoms with Crippen molar-refractivity contribution in [1.82, 2.24) is 10.6 Å². The van der Waals surface area contributed by atoms with Gasteiger partial charge in [0.25, 0.3) is 0 Å². The molecular formula is C13H21N3OS. The Labute approximate surface area is 113 Å². The highest BCUT2D eigenvalue weighted by Crippen LogP contribution is 2.37. The first kappa shape index (κ1) is 13.7. The summed E-state index contributed by atoms with van der Waals surface area (Å²) in [4.78, 5) is 11.3. The summed E-state index contributed by atoms with van der Waals surface area (Å²) in [6, 6.07) is 3.06. The molecule has 18 heavy (non-hydrogen) atoms. The van der Waals surface area contributed by atoms with Crippen molar-refractivity contribution in [2.75, 3.05) is 12.8 Å². The molecule has 0 bridgehead atoms. The van der Waals surface area contributed by atoms with E-state index in [1.165, 1.54) is 12.8 Å². The summed E-state index contributed by atoms with van der Waals surface area (Å²) in [5.74, 6) is 0.579. The Morgan fingerprint density at radius 1 is 1.50 bits per heavy atom. The number of hydrogen-bond acceptors (Lipinski definition) is 4. The van der Waals surface area contributed by atoms with Gasteiger partial charge in [0.15, 0.2) is 0 Å². The van der Waals surface area contributed by atoms with Crippen LogP contribution in [0, 0.1) is 11.3 Å². The fourth-order valence-electron chi connectivity index (χ4n) is 2.52. The van der Waals surface area contributed by atoms with Gasteiger partial charge in [-0.1, -0.05) is 0 Å². The van der Waals surface area contributed by atoms with E-state index in [1.807, 2.05) is 0 Å². The largest absolute Gasteiger partial charge is 0.358 e. The molecule has 2 saturated carbocycles. The number of nitriles is 1. The lowest BCUT2D eigenvalue weighted by molar-refractivity contribution is -0.118. The average Bonchev–Trinajstić information content (AvgIpc) is 3.20. The Morgan fingerprint density at radius 3 is 2.89 bits per heavy atom. The Morgan fingerprint density at radius 2 is 2.28 bits per heavy atom. The van der Waals surface area contributed by atoms with Crippen LogP contribution in [0.2, 0.25) is 0 Å². The van der Waals surface area contributed by atoms with Gasteiger partial charge in [-0.2, -0.15) is 5.26 Å². The second-order valence-corrected chi connectivity index (χ2v) is 6.60. The predicted molar refractivity (Wildman–Crippen MR) is 73.3 cm³/mol. The molecule has 2 atom stereocenters. The molecule has 0 heterocycles. The highest BCUT2D eigenvalue weighted by Gasteiger charge is 2.40. The van der Waals surface area contributed by atoms with Crippen molar-refractivity contribution in [2.24, 2.45) is 0 Å². The van der Waals surface area contributed by atoms with Crippen LogP contribution >= 0.6 is 11.8 Å². The van der Waals surface area contributed by atoms with E-state index in [4.69, 9.17) is 0 Å². The summed E-state index contributed by atoms with van der Waals surface area (Å²) < 4.78 is 0. The molecule has 0 aromatic rings. The molecule has 0 aromatic carbocycles. The highest BCUT2D eigenvalue weighted by atomic mass is 32.2. The van der Waals surface area contributed by atoms with Gasteiger partial charge in [-0.05, 0) is 38.5 Å². The number of nitrogens with one attached hydrogen (secondary N) is 2. The lowest BCUT2D eigenvalue weighted by Crippen LogP contribution is -2.49. The Bertz CT molecular complexity index is 351. The monoisotopic (exact) mass is 267 g/mol. The quantitative estimate of drug-likeness (QED) is 0.791. The van der Waals surface area contributed by atoms with Gasteiger partial charge < -0.3 is 5.32 Å². The third kappa shape index (κ3) is 3.63. The molecule has 0 saturated heterocycles. The first-order chi connectivity index (χ1) is 8.67. The van der Waals surface area contributed by atoms with Gasteiger partial charge in [-0.25, -0.2) is 0 Å². The molecule has 2 rings (SSSR count). The van der Waals surface area contributed by atoms with Gasteiger partial charge in [0.1, 0.15) is 5.54 Å². The lowest BCUT2D eigenvalue weighted by Gasteiger charge is -2.36. The number of hydrogen-bond donors (Lipinski definition) is 2. The zero-order chi connectivity index (χ0) is 13.0. The van der Waals surface area contributed by atoms with Gasteiger partial charge in [0, 0.05) is 18.3 Å². The van der Waals surface area contributed by atoms with Crippen LogP contribution in [0.1, 0.15) is 38.5 Å². The van der Waals surface area contributed by atoms with Gasteiger partial charge >= 0.3 is 0 Å². The number of nitrogens with zero attached hydrogens (tertiary/aromatic N) is 1. The summed E-state index contributed by atoms with van der Waals surface area (Å²) in [6.45, 7) is 0. The topological polar surface area (TPSA) is 64.9 Å². The maximum atomic E-state index is 11.3. The van der Waals surface area contributed by atoms with Crippen LogP contribution in [0.4, 0.5) is 0 Å². The van der Waals surface area contributed by atoms with Gasteiger partial charge in [0.05, 0.1) is 11.8 Å². The second kappa shape index (κ2) is 5.94. The van der Waals surface area contributed by atoms with E-state index < -0.39 is 0 Å². The Kier molecular flexibility index (Phi) is 4.52. The van der Waals surface area contributed by atoms with Crippen LogP contribution in [0.5, 0.6) is 0 Å². The number of amides is 1. The summed E-state index contributed by atoms with van der Waals surface area (Å²) >= 11 is 1.69. The lowest BCUT2D eigenvalue weighted by atomic mass is 9.82. The molecule has 2 N–H and O–H groups in total. The molecule has 2 unspecified atom stereocenters. The molecule has 0 aromatic heterocycles. The van der Waals surface area contributed by atoms with E-state index in [0.29, 0.717) is 17.0 Å². The number of rotatable bonds is 5. The average molecular weight is 267 g/mol. The van der Waals surface area contributed by atoms with Crippen LogP contribution < -0.4 is 10.6 Å². The maximum Gasteiger partial charge on any atom is 0.229 e. The van der Waals surface area contributed by atoms with E-state index in [1.54, 1.807) is 18.8 Å².